The average molecular weight is 382 g/mol. The molecule has 7 nitrogen and oxygen atoms in total. The van der Waals surface area contributed by atoms with Gasteiger partial charge in [-0.15, -0.1) is 5.10 Å². The first-order valence-corrected chi connectivity index (χ1v) is 10.2. The summed E-state index contributed by atoms with van der Waals surface area (Å²) in [4.78, 5) is 17.1. The van der Waals surface area contributed by atoms with Crippen LogP contribution in [0.5, 0.6) is 0 Å². The average Bonchev–Trinajstić information content (AvgIpc) is 3.17. The molecule has 1 fully saturated rings. The zero-order chi connectivity index (χ0) is 18.6. The zero-order valence-corrected chi connectivity index (χ0v) is 16.0. The fraction of sp³-hybridized carbons (Fsp3) is 0.421. The molecule has 1 unspecified atom stereocenters. The number of aromatic nitrogens is 5. The van der Waals surface area contributed by atoms with E-state index in [0.29, 0.717) is 11.2 Å². The number of carbonyl (C=O) groups excluding carboxylic acids is 1. The van der Waals surface area contributed by atoms with Crippen molar-refractivity contribution in [1.82, 2.24) is 25.2 Å². The number of fused-ring (bicyclic) bond motifs is 1. The van der Waals surface area contributed by atoms with Crippen LogP contribution in [-0.2, 0) is 4.79 Å². The Hall–Kier alpha value is -2.48. The van der Waals surface area contributed by atoms with Gasteiger partial charge in [-0.2, -0.15) is 0 Å². The molecule has 1 saturated carbocycles. The van der Waals surface area contributed by atoms with Crippen molar-refractivity contribution < 1.29 is 4.79 Å². The van der Waals surface area contributed by atoms with Crippen molar-refractivity contribution in [2.24, 2.45) is 0 Å². The molecule has 1 N–H and O–H groups in total. The Bertz CT molecular complexity index is 931. The topological polar surface area (TPSA) is 85.6 Å². The predicted molar refractivity (Wildman–Crippen MR) is 106 cm³/mol. The molecule has 0 bridgehead atoms. The van der Waals surface area contributed by atoms with E-state index < -0.39 is 0 Å². The number of amides is 1. The summed E-state index contributed by atoms with van der Waals surface area (Å²) < 4.78 is 1.90. The van der Waals surface area contributed by atoms with Gasteiger partial charge in [0.05, 0.1) is 22.5 Å². The second-order valence-corrected chi connectivity index (χ2v) is 8.13. The Balaban J connectivity index is 1.46. The highest BCUT2D eigenvalue weighted by atomic mass is 32.2. The Kier molecular flexibility index (Phi) is 5.33. The minimum Gasteiger partial charge on any atom is -0.324 e. The van der Waals surface area contributed by atoms with Crippen molar-refractivity contribution >= 4 is 34.3 Å². The molecule has 3 aromatic rings. The van der Waals surface area contributed by atoms with Crippen molar-refractivity contribution in [2.75, 3.05) is 5.32 Å². The number of anilines is 1. The normalized spacial score (nSPS) is 16.3. The molecule has 1 amide bonds. The van der Waals surface area contributed by atoms with E-state index in [0.717, 1.165) is 29.4 Å². The molecule has 1 aliphatic carbocycles. The maximum Gasteiger partial charge on any atom is 0.237 e. The number of benzene rings is 1. The number of thioether (sulfide) groups is 1. The largest absolute Gasteiger partial charge is 0.324 e. The highest BCUT2D eigenvalue weighted by Gasteiger charge is 2.24. The fourth-order valence-corrected chi connectivity index (χ4v) is 4.34. The third-order valence-electron chi connectivity index (χ3n) is 4.94. The van der Waals surface area contributed by atoms with Gasteiger partial charge >= 0.3 is 0 Å². The van der Waals surface area contributed by atoms with Gasteiger partial charge in [-0.3, -0.25) is 9.78 Å². The summed E-state index contributed by atoms with van der Waals surface area (Å²) in [5.41, 5.74) is 1.63. The maximum atomic E-state index is 12.7. The van der Waals surface area contributed by atoms with Crippen LogP contribution in [0.15, 0.2) is 41.7 Å². The van der Waals surface area contributed by atoms with Gasteiger partial charge in [0.25, 0.3) is 0 Å². The van der Waals surface area contributed by atoms with Crippen molar-refractivity contribution in [3.05, 3.63) is 36.5 Å². The second-order valence-electron chi connectivity index (χ2n) is 6.82. The number of carbonyl (C=O) groups is 1. The third kappa shape index (κ3) is 3.95. The van der Waals surface area contributed by atoms with E-state index >= 15 is 0 Å². The first-order chi connectivity index (χ1) is 13.2. The second kappa shape index (κ2) is 8.04. The molecule has 0 saturated heterocycles. The Morgan fingerprint density at radius 3 is 2.93 bits per heavy atom. The number of hydrogen-bond donors (Lipinski definition) is 1. The van der Waals surface area contributed by atoms with Crippen molar-refractivity contribution in [3.8, 4) is 0 Å². The number of nitrogens with one attached hydrogen (secondary N) is 1. The quantitative estimate of drug-likeness (QED) is 0.675. The van der Waals surface area contributed by atoms with E-state index in [1.165, 1.54) is 31.0 Å². The van der Waals surface area contributed by atoms with Gasteiger partial charge in [0.1, 0.15) is 0 Å². The highest BCUT2D eigenvalue weighted by Crippen LogP contribution is 2.32. The Morgan fingerprint density at radius 1 is 1.22 bits per heavy atom. The molecule has 0 radical (unpaired) electrons. The molecule has 1 atom stereocenters. The Labute approximate surface area is 161 Å². The first-order valence-electron chi connectivity index (χ1n) is 9.31. The van der Waals surface area contributed by atoms with Crippen molar-refractivity contribution in [3.63, 3.8) is 0 Å². The summed E-state index contributed by atoms with van der Waals surface area (Å²) in [7, 11) is 0. The third-order valence-corrected chi connectivity index (χ3v) is 5.99. The molecule has 2 heterocycles. The molecular formula is C19H22N6OS. The summed E-state index contributed by atoms with van der Waals surface area (Å²) in [6.45, 7) is 1.88. The zero-order valence-electron chi connectivity index (χ0n) is 15.2. The van der Waals surface area contributed by atoms with Gasteiger partial charge in [-0.05, 0) is 54.5 Å². The van der Waals surface area contributed by atoms with Gasteiger partial charge < -0.3 is 5.32 Å². The van der Waals surface area contributed by atoms with E-state index in [1.807, 2.05) is 41.9 Å². The van der Waals surface area contributed by atoms with Crippen LogP contribution < -0.4 is 5.32 Å². The van der Waals surface area contributed by atoms with Crippen LogP contribution >= 0.6 is 11.8 Å². The summed E-state index contributed by atoms with van der Waals surface area (Å²) in [5.74, 6) is -0.0745. The number of rotatable bonds is 5. The predicted octanol–water partition coefficient (Wildman–Crippen LogP) is 3.85. The van der Waals surface area contributed by atoms with Crippen molar-refractivity contribution in [1.29, 1.82) is 0 Å². The van der Waals surface area contributed by atoms with E-state index in [-0.39, 0.29) is 11.2 Å². The molecule has 0 aliphatic heterocycles. The van der Waals surface area contributed by atoms with Gasteiger partial charge in [-0.1, -0.05) is 37.1 Å². The van der Waals surface area contributed by atoms with Crippen LogP contribution in [-0.4, -0.2) is 36.3 Å². The minimum absolute atomic E-state index is 0.0745. The van der Waals surface area contributed by atoms with Gasteiger partial charge in [-0.25, -0.2) is 4.68 Å². The summed E-state index contributed by atoms with van der Waals surface area (Å²) in [6.07, 6.45) is 7.64. The first kappa shape index (κ1) is 17.9. The lowest BCUT2D eigenvalue weighted by Crippen LogP contribution is -2.24. The van der Waals surface area contributed by atoms with Crippen LogP contribution in [0, 0.1) is 0 Å². The molecule has 2 aromatic heterocycles. The fourth-order valence-electron chi connectivity index (χ4n) is 3.48. The van der Waals surface area contributed by atoms with Crippen LogP contribution in [0.4, 0.5) is 5.69 Å². The standard InChI is InChI=1S/C19H22N6OS/c1-13(27-19-22-23-24-25(19)14-7-3-2-4-8-14)18(26)21-17-11-5-10-16-15(17)9-6-12-20-16/h5-6,9-14H,2-4,7-8H2,1H3,(H,21,26). The van der Waals surface area contributed by atoms with E-state index in [2.05, 4.69) is 25.8 Å². The molecule has 1 aliphatic rings. The number of nitrogens with zero attached hydrogens (tertiary/aromatic N) is 5. The SMILES string of the molecule is CC(Sc1nnnn1C1CCCCC1)C(=O)Nc1cccc2ncccc12. The molecule has 8 heteroatoms. The lowest BCUT2D eigenvalue weighted by atomic mass is 9.96. The summed E-state index contributed by atoms with van der Waals surface area (Å²) in [5, 5.41) is 16.5. The molecular weight excluding hydrogens is 360 g/mol. The molecule has 4 rings (SSSR count). The molecule has 1 aromatic carbocycles. The van der Waals surface area contributed by atoms with Gasteiger partial charge in [0, 0.05) is 11.6 Å². The van der Waals surface area contributed by atoms with Gasteiger partial charge in [0.15, 0.2) is 0 Å². The van der Waals surface area contributed by atoms with E-state index in [1.54, 1.807) is 6.20 Å². The summed E-state index contributed by atoms with van der Waals surface area (Å²) in [6, 6.07) is 9.89. The smallest absolute Gasteiger partial charge is 0.237 e. The monoisotopic (exact) mass is 382 g/mol. The van der Waals surface area contributed by atoms with Crippen LogP contribution in [0.3, 0.4) is 0 Å². The lowest BCUT2D eigenvalue weighted by molar-refractivity contribution is -0.115. The molecule has 0 spiro atoms. The van der Waals surface area contributed by atoms with Crippen LogP contribution in [0.25, 0.3) is 10.9 Å². The van der Waals surface area contributed by atoms with Gasteiger partial charge in [0.2, 0.25) is 11.1 Å². The van der Waals surface area contributed by atoms with E-state index in [4.69, 9.17) is 0 Å². The Morgan fingerprint density at radius 2 is 2.07 bits per heavy atom. The summed E-state index contributed by atoms with van der Waals surface area (Å²) >= 11 is 1.40. The maximum absolute atomic E-state index is 12.7. The van der Waals surface area contributed by atoms with Crippen molar-refractivity contribution in [2.45, 2.75) is 55.5 Å². The number of tetrazole rings is 1. The highest BCUT2D eigenvalue weighted by molar-refractivity contribution is 8.00. The number of hydrogen-bond acceptors (Lipinski definition) is 6. The number of pyridine rings is 1. The lowest BCUT2D eigenvalue weighted by Gasteiger charge is -2.22. The minimum atomic E-state index is -0.315. The van der Waals surface area contributed by atoms with E-state index in [9.17, 15) is 4.79 Å². The molecule has 140 valence electrons. The molecule has 27 heavy (non-hydrogen) atoms. The van der Waals surface area contributed by atoms with Crippen LogP contribution in [0.2, 0.25) is 0 Å². The van der Waals surface area contributed by atoms with Crippen LogP contribution in [0.1, 0.15) is 45.1 Å².